The molecular formula is C16H25N3O2. The highest BCUT2D eigenvalue weighted by Gasteiger charge is 2.23. The largest absolute Gasteiger partial charge is 0.486 e. The van der Waals surface area contributed by atoms with E-state index in [-0.39, 0.29) is 6.04 Å². The van der Waals surface area contributed by atoms with Gasteiger partial charge in [0.2, 0.25) is 0 Å². The van der Waals surface area contributed by atoms with E-state index in [0.29, 0.717) is 19.8 Å². The van der Waals surface area contributed by atoms with Crippen molar-refractivity contribution in [2.24, 2.45) is 5.73 Å². The number of ether oxygens (including phenoxy) is 2. The summed E-state index contributed by atoms with van der Waals surface area (Å²) in [5.41, 5.74) is 7.30. The minimum Gasteiger partial charge on any atom is -0.486 e. The molecule has 0 spiro atoms. The summed E-state index contributed by atoms with van der Waals surface area (Å²) in [4.78, 5) is 4.88. The molecule has 1 atom stereocenters. The molecule has 21 heavy (non-hydrogen) atoms. The maximum atomic E-state index is 6.07. The Morgan fingerprint density at radius 3 is 2.71 bits per heavy atom. The summed E-state index contributed by atoms with van der Waals surface area (Å²) in [6, 6.07) is 6.49. The molecule has 0 bridgehead atoms. The van der Waals surface area contributed by atoms with Crippen LogP contribution in [0.25, 0.3) is 0 Å². The van der Waals surface area contributed by atoms with E-state index in [0.717, 1.165) is 37.7 Å². The molecule has 2 N–H and O–H groups in total. The molecular weight excluding hydrogens is 266 g/mol. The van der Waals surface area contributed by atoms with Crippen molar-refractivity contribution in [2.75, 3.05) is 53.0 Å². The van der Waals surface area contributed by atoms with Crippen LogP contribution in [-0.2, 0) is 0 Å². The van der Waals surface area contributed by atoms with Gasteiger partial charge in [-0.15, -0.1) is 0 Å². The normalized spacial score (nSPS) is 21.8. The highest BCUT2D eigenvalue weighted by molar-refractivity contribution is 5.44. The van der Waals surface area contributed by atoms with Gasteiger partial charge < -0.3 is 20.1 Å². The minimum atomic E-state index is 0.257. The molecule has 2 heterocycles. The van der Waals surface area contributed by atoms with Crippen LogP contribution >= 0.6 is 0 Å². The average Bonchev–Trinajstić information content (AvgIpc) is 2.73. The quantitative estimate of drug-likeness (QED) is 0.903. The number of fused-ring (bicyclic) bond motifs is 1. The van der Waals surface area contributed by atoms with Crippen LogP contribution in [0.4, 0.5) is 0 Å². The molecule has 1 saturated heterocycles. The van der Waals surface area contributed by atoms with Gasteiger partial charge in [-0.1, -0.05) is 6.07 Å². The lowest BCUT2D eigenvalue weighted by molar-refractivity contribution is 0.169. The molecule has 5 heteroatoms. The lowest BCUT2D eigenvalue weighted by Gasteiger charge is -2.31. The zero-order chi connectivity index (χ0) is 14.7. The first kappa shape index (κ1) is 14.6. The van der Waals surface area contributed by atoms with Gasteiger partial charge >= 0.3 is 0 Å². The molecule has 0 amide bonds. The molecule has 0 aromatic heterocycles. The number of hydrogen-bond acceptors (Lipinski definition) is 5. The Labute approximate surface area is 126 Å². The van der Waals surface area contributed by atoms with Gasteiger partial charge in [0, 0.05) is 32.2 Å². The van der Waals surface area contributed by atoms with Gasteiger partial charge in [0.05, 0.1) is 0 Å². The molecule has 2 aliphatic heterocycles. The van der Waals surface area contributed by atoms with Gasteiger partial charge in [0.25, 0.3) is 0 Å². The fraction of sp³-hybridized carbons (Fsp3) is 0.625. The predicted octanol–water partition coefficient (Wildman–Crippen LogP) is 1.10. The molecule has 0 saturated carbocycles. The summed E-state index contributed by atoms with van der Waals surface area (Å²) in [7, 11) is 2.19. The molecule has 1 unspecified atom stereocenters. The number of nitrogens with zero attached hydrogens (tertiary/aromatic N) is 2. The summed E-state index contributed by atoms with van der Waals surface area (Å²) >= 11 is 0. The Morgan fingerprint density at radius 2 is 1.90 bits per heavy atom. The molecule has 1 aromatic rings. The second-order valence-corrected chi connectivity index (χ2v) is 5.85. The zero-order valence-corrected chi connectivity index (χ0v) is 12.8. The van der Waals surface area contributed by atoms with Crippen molar-refractivity contribution in [1.82, 2.24) is 9.80 Å². The highest BCUT2D eigenvalue weighted by atomic mass is 16.6. The van der Waals surface area contributed by atoms with Crippen molar-refractivity contribution in [3.05, 3.63) is 23.8 Å². The Kier molecular flexibility index (Phi) is 4.63. The summed E-state index contributed by atoms with van der Waals surface area (Å²) in [6.45, 7) is 6.30. The van der Waals surface area contributed by atoms with Crippen molar-refractivity contribution in [3.63, 3.8) is 0 Å². The first-order valence-electron chi connectivity index (χ1n) is 7.80. The molecule has 0 radical (unpaired) electrons. The van der Waals surface area contributed by atoms with Gasteiger partial charge in [-0.3, -0.25) is 4.90 Å². The second-order valence-electron chi connectivity index (χ2n) is 5.85. The molecule has 2 aliphatic rings. The third-order valence-electron chi connectivity index (χ3n) is 4.37. The zero-order valence-electron chi connectivity index (χ0n) is 12.8. The average molecular weight is 291 g/mol. The maximum Gasteiger partial charge on any atom is 0.161 e. The standard InChI is InChI=1S/C16H25N3O2/c1-18-5-2-6-19(8-7-18)14(12-17)13-3-4-15-16(11-13)21-10-9-20-15/h3-4,11,14H,2,5-10,12,17H2,1H3. The minimum absolute atomic E-state index is 0.257. The second kappa shape index (κ2) is 6.64. The molecule has 1 fully saturated rings. The molecule has 0 aliphatic carbocycles. The number of rotatable bonds is 3. The van der Waals surface area contributed by atoms with Gasteiger partial charge in [0.15, 0.2) is 11.5 Å². The number of benzene rings is 1. The van der Waals surface area contributed by atoms with E-state index in [9.17, 15) is 0 Å². The third kappa shape index (κ3) is 3.31. The number of hydrogen-bond donors (Lipinski definition) is 1. The van der Waals surface area contributed by atoms with Crippen LogP contribution in [-0.4, -0.2) is 62.8 Å². The number of likely N-dealkylation sites (N-methyl/N-ethyl adjacent to an activating group) is 1. The van der Waals surface area contributed by atoms with Crippen LogP contribution in [0.1, 0.15) is 18.0 Å². The SMILES string of the molecule is CN1CCCN(C(CN)c2ccc3c(c2)OCCO3)CC1. The molecule has 3 rings (SSSR count). The Morgan fingerprint density at radius 1 is 1.10 bits per heavy atom. The predicted molar refractivity (Wildman–Crippen MR) is 82.9 cm³/mol. The lowest BCUT2D eigenvalue weighted by Crippen LogP contribution is -2.36. The van der Waals surface area contributed by atoms with E-state index in [2.05, 4.69) is 29.0 Å². The van der Waals surface area contributed by atoms with Crippen molar-refractivity contribution < 1.29 is 9.47 Å². The first-order valence-corrected chi connectivity index (χ1v) is 7.80. The van der Waals surface area contributed by atoms with E-state index in [1.165, 1.54) is 12.0 Å². The van der Waals surface area contributed by atoms with Gasteiger partial charge in [-0.2, -0.15) is 0 Å². The van der Waals surface area contributed by atoms with E-state index < -0.39 is 0 Å². The van der Waals surface area contributed by atoms with Crippen molar-refractivity contribution in [1.29, 1.82) is 0 Å². The Hall–Kier alpha value is -1.30. The van der Waals surface area contributed by atoms with Crippen molar-refractivity contribution >= 4 is 0 Å². The molecule has 116 valence electrons. The van der Waals surface area contributed by atoms with E-state index in [1.807, 2.05) is 6.07 Å². The Balaban J connectivity index is 1.79. The van der Waals surface area contributed by atoms with Crippen LogP contribution in [0.5, 0.6) is 11.5 Å². The van der Waals surface area contributed by atoms with Crippen LogP contribution < -0.4 is 15.2 Å². The first-order chi connectivity index (χ1) is 10.3. The van der Waals surface area contributed by atoms with Crippen LogP contribution in [0, 0.1) is 0 Å². The highest BCUT2D eigenvalue weighted by Crippen LogP contribution is 2.34. The van der Waals surface area contributed by atoms with Gasteiger partial charge in [0.1, 0.15) is 13.2 Å². The van der Waals surface area contributed by atoms with E-state index >= 15 is 0 Å². The fourth-order valence-electron chi connectivity index (χ4n) is 3.14. The molecule has 1 aromatic carbocycles. The van der Waals surface area contributed by atoms with Gasteiger partial charge in [-0.05, 0) is 37.7 Å². The van der Waals surface area contributed by atoms with Gasteiger partial charge in [-0.25, -0.2) is 0 Å². The summed E-state index contributed by atoms with van der Waals surface area (Å²) in [5, 5.41) is 0. The summed E-state index contributed by atoms with van der Waals surface area (Å²) in [5.74, 6) is 1.69. The topological polar surface area (TPSA) is 51.0 Å². The Bertz CT molecular complexity index is 481. The van der Waals surface area contributed by atoms with E-state index in [1.54, 1.807) is 0 Å². The van der Waals surface area contributed by atoms with Crippen LogP contribution in [0.3, 0.4) is 0 Å². The summed E-state index contributed by atoms with van der Waals surface area (Å²) < 4.78 is 11.3. The van der Waals surface area contributed by atoms with Crippen LogP contribution in [0.2, 0.25) is 0 Å². The van der Waals surface area contributed by atoms with Crippen molar-refractivity contribution in [2.45, 2.75) is 12.5 Å². The third-order valence-corrected chi connectivity index (χ3v) is 4.37. The van der Waals surface area contributed by atoms with E-state index in [4.69, 9.17) is 15.2 Å². The smallest absolute Gasteiger partial charge is 0.161 e. The summed E-state index contributed by atoms with van der Waals surface area (Å²) in [6.07, 6.45) is 1.19. The van der Waals surface area contributed by atoms with Crippen LogP contribution in [0.15, 0.2) is 18.2 Å². The van der Waals surface area contributed by atoms with Crippen molar-refractivity contribution in [3.8, 4) is 11.5 Å². The lowest BCUT2D eigenvalue weighted by atomic mass is 10.0. The maximum absolute atomic E-state index is 6.07. The molecule has 5 nitrogen and oxygen atoms in total. The fourth-order valence-corrected chi connectivity index (χ4v) is 3.14. The monoisotopic (exact) mass is 291 g/mol. The number of nitrogens with two attached hydrogens (primary N) is 1.